The summed E-state index contributed by atoms with van der Waals surface area (Å²) in [5.41, 5.74) is 0.805. The number of aromatic carboxylic acids is 1. The highest BCUT2D eigenvalue weighted by molar-refractivity contribution is 14.1. The topological polar surface area (TPSA) is 83.9 Å². The SMILES string of the molecule is COCCN(Cc1ccccc1)S(=O)(=O)c1ccc(I)c(C(=O)O)c1. The van der Waals surface area contributed by atoms with Gasteiger partial charge in [0, 0.05) is 23.8 Å². The van der Waals surface area contributed by atoms with Gasteiger partial charge in [-0.15, -0.1) is 0 Å². The zero-order chi connectivity index (χ0) is 18.4. The van der Waals surface area contributed by atoms with Gasteiger partial charge in [0.2, 0.25) is 10.0 Å². The molecular weight excluding hydrogens is 457 g/mol. The zero-order valence-corrected chi connectivity index (χ0v) is 16.5. The second-order valence-corrected chi connectivity index (χ2v) is 8.36. The molecule has 0 amide bonds. The predicted molar refractivity (Wildman–Crippen MR) is 102 cm³/mol. The minimum absolute atomic E-state index is 0.0342. The number of halogens is 1. The highest BCUT2D eigenvalue weighted by Gasteiger charge is 2.26. The summed E-state index contributed by atoms with van der Waals surface area (Å²) in [5, 5.41) is 9.24. The van der Waals surface area contributed by atoms with Crippen LogP contribution >= 0.6 is 22.6 Å². The molecule has 0 unspecified atom stereocenters. The number of carbonyl (C=O) groups is 1. The first-order valence-corrected chi connectivity index (χ1v) is 9.94. The number of rotatable bonds is 8. The van der Waals surface area contributed by atoms with E-state index in [4.69, 9.17) is 4.74 Å². The van der Waals surface area contributed by atoms with E-state index in [1.54, 1.807) is 0 Å². The molecule has 2 aromatic rings. The molecule has 2 rings (SSSR count). The van der Waals surface area contributed by atoms with Gasteiger partial charge >= 0.3 is 5.97 Å². The normalized spacial score (nSPS) is 11.6. The summed E-state index contributed by atoms with van der Waals surface area (Å²) in [7, 11) is -2.36. The molecule has 134 valence electrons. The van der Waals surface area contributed by atoms with Crippen molar-refractivity contribution in [1.82, 2.24) is 4.31 Å². The molecule has 2 aromatic carbocycles. The molecule has 0 aliphatic heterocycles. The fourth-order valence-electron chi connectivity index (χ4n) is 2.24. The number of methoxy groups -OCH3 is 1. The van der Waals surface area contributed by atoms with E-state index in [2.05, 4.69) is 0 Å². The van der Waals surface area contributed by atoms with Gasteiger partial charge in [-0.1, -0.05) is 30.3 Å². The van der Waals surface area contributed by atoms with Crippen molar-refractivity contribution in [3.63, 3.8) is 0 Å². The van der Waals surface area contributed by atoms with Gasteiger partial charge in [0.1, 0.15) is 0 Å². The summed E-state index contributed by atoms with van der Waals surface area (Å²) in [5.74, 6) is -1.16. The molecule has 0 saturated heterocycles. The van der Waals surface area contributed by atoms with Crippen molar-refractivity contribution in [2.45, 2.75) is 11.4 Å². The average Bonchev–Trinajstić information content (AvgIpc) is 2.59. The highest BCUT2D eigenvalue weighted by Crippen LogP contribution is 2.22. The lowest BCUT2D eigenvalue weighted by Gasteiger charge is -2.22. The van der Waals surface area contributed by atoms with Crippen LogP contribution in [0.25, 0.3) is 0 Å². The van der Waals surface area contributed by atoms with Crippen LogP contribution in [0.3, 0.4) is 0 Å². The number of nitrogens with zero attached hydrogens (tertiary/aromatic N) is 1. The van der Waals surface area contributed by atoms with Crippen LogP contribution in [0.4, 0.5) is 0 Å². The zero-order valence-electron chi connectivity index (χ0n) is 13.6. The Morgan fingerprint density at radius 1 is 1.20 bits per heavy atom. The maximum atomic E-state index is 13.0. The third kappa shape index (κ3) is 5.00. The van der Waals surface area contributed by atoms with E-state index in [9.17, 15) is 18.3 Å². The van der Waals surface area contributed by atoms with Crippen LogP contribution in [0, 0.1) is 3.57 Å². The number of benzene rings is 2. The molecule has 0 saturated carbocycles. The number of carboxylic acid groups (broad SMARTS) is 1. The van der Waals surface area contributed by atoms with Crippen LogP contribution < -0.4 is 0 Å². The number of carboxylic acids is 1. The Hall–Kier alpha value is -1.49. The van der Waals surface area contributed by atoms with Crippen molar-refractivity contribution >= 4 is 38.6 Å². The summed E-state index contributed by atoms with van der Waals surface area (Å²) in [4.78, 5) is 11.3. The lowest BCUT2D eigenvalue weighted by molar-refractivity contribution is 0.0695. The van der Waals surface area contributed by atoms with Gasteiger partial charge in [-0.2, -0.15) is 4.31 Å². The third-order valence-electron chi connectivity index (χ3n) is 3.55. The molecule has 0 heterocycles. The molecule has 25 heavy (non-hydrogen) atoms. The minimum Gasteiger partial charge on any atom is -0.478 e. The Morgan fingerprint density at radius 3 is 2.48 bits per heavy atom. The van der Waals surface area contributed by atoms with Crippen molar-refractivity contribution in [3.05, 3.63) is 63.2 Å². The van der Waals surface area contributed by atoms with Crippen LogP contribution in [0.5, 0.6) is 0 Å². The van der Waals surface area contributed by atoms with Crippen LogP contribution in [-0.2, 0) is 21.3 Å². The van der Waals surface area contributed by atoms with Crippen molar-refractivity contribution in [1.29, 1.82) is 0 Å². The van der Waals surface area contributed by atoms with Gasteiger partial charge in [-0.3, -0.25) is 0 Å². The third-order valence-corrected chi connectivity index (χ3v) is 6.33. The number of hydrogen-bond acceptors (Lipinski definition) is 4. The Bertz CT molecular complexity index is 839. The molecule has 0 spiro atoms. The van der Waals surface area contributed by atoms with E-state index >= 15 is 0 Å². The van der Waals surface area contributed by atoms with Crippen molar-refractivity contribution < 1.29 is 23.1 Å². The maximum absolute atomic E-state index is 13.0. The molecule has 0 aromatic heterocycles. The largest absolute Gasteiger partial charge is 0.478 e. The van der Waals surface area contributed by atoms with Crippen LogP contribution in [0.1, 0.15) is 15.9 Å². The molecule has 0 bridgehead atoms. The summed E-state index contributed by atoms with van der Waals surface area (Å²) in [6, 6.07) is 13.3. The van der Waals surface area contributed by atoms with Gasteiger partial charge < -0.3 is 9.84 Å². The number of sulfonamides is 1. The number of ether oxygens (including phenoxy) is 1. The fourth-order valence-corrected chi connectivity index (χ4v) is 4.25. The molecule has 0 atom stereocenters. The standard InChI is InChI=1S/C17H18INO5S/c1-24-10-9-19(12-13-5-3-2-4-6-13)25(22,23)14-7-8-16(18)15(11-14)17(20)21/h2-8,11H,9-10,12H2,1H3,(H,20,21). The predicted octanol–water partition coefficient (Wildman–Crippen LogP) is 2.83. The van der Waals surface area contributed by atoms with E-state index in [1.165, 1.54) is 29.6 Å². The second kappa shape index (κ2) is 8.75. The van der Waals surface area contributed by atoms with E-state index in [-0.39, 0.29) is 30.2 Å². The summed E-state index contributed by atoms with van der Waals surface area (Å²) >= 11 is 1.87. The molecule has 8 heteroatoms. The monoisotopic (exact) mass is 475 g/mol. The van der Waals surface area contributed by atoms with Gasteiger partial charge in [0.15, 0.2) is 0 Å². The van der Waals surface area contributed by atoms with Crippen LogP contribution in [0.2, 0.25) is 0 Å². The van der Waals surface area contributed by atoms with Crippen LogP contribution in [-0.4, -0.2) is 44.1 Å². The van der Waals surface area contributed by atoms with Gasteiger partial charge in [0.05, 0.1) is 17.1 Å². The number of hydrogen-bond donors (Lipinski definition) is 1. The van der Waals surface area contributed by atoms with E-state index in [0.29, 0.717) is 3.57 Å². The Morgan fingerprint density at radius 2 is 1.88 bits per heavy atom. The first-order chi connectivity index (χ1) is 11.9. The minimum atomic E-state index is -3.86. The van der Waals surface area contributed by atoms with E-state index in [1.807, 2.05) is 52.9 Å². The molecule has 0 aliphatic carbocycles. The highest BCUT2D eigenvalue weighted by atomic mass is 127. The Balaban J connectivity index is 2.40. The molecule has 0 fully saturated rings. The summed E-state index contributed by atoms with van der Waals surface area (Å²) in [6.07, 6.45) is 0. The average molecular weight is 475 g/mol. The fraction of sp³-hybridized carbons (Fsp3) is 0.235. The molecule has 0 radical (unpaired) electrons. The maximum Gasteiger partial charge on any atom is 0.336 e. The molecule has 0 aliphatic rings. The first kappa shape index (κ1) is 19.8. The van der Waals surface area contributed by atoms with Crippen molar-refractivity contribution in [2.24, 2.45) is 0 Å². The van der Waals surface area contributed by atoms with E-state index in [0.717, 1.165) is 5.56 Å². The molecular formula is C17H18INO5S. The second-order valence-electron chi connectivity index (χ2n) is 5.26. The van der Waals surface area contributed by atoms with Crippen LogP contribution in [0.15, 0.2) is 53.4 Å². The quantitative estimate of drug-likeness (QED) is 0.594. The first-order valence-electron chi connectivity index (χ1n) is 7.42. The Labute approximate surface area is 160 Å². The Kier molecular flexibility index (Phi) is 6.94. The van der Waals surface area contributed by atoms with Gasteiger partial charge in [0.25, 0.3) is 0 Å². The van der Waals surface area contributed by atoms with Gasteiger partial charge in [-0.05, 0) is 46.4 Å². The van der Waals surface area contributed by atoms with Gasteiger partial charge in [-0.25, -0.2) is 13.2 Å². The molecule has 1 N–H and O–H groups in total. The molecule has 6 nitrogen and oxygen atoms in total. The van der Waals surface area contributed by atoms with E-state index < -0.39 is 16.0 Å². The lowest BCUT2D eigenvalue weighted by atomic mass is 10.2. The summed E-state index contributed by atoms with van der Waals surface area (Å²) in [6.45, 7) is 0.589. The van der Waals surface area contributed by atoms with Crippen molar-refractivity contribution in [3.8, 4) is 0 Å². The summed E-state index contributed by atoms with van der Waals surface area (Å²) < 4.78 is 32.8. The lowest BCUT2D eigenvalue weighted by Crippen LogP contribution is -2.33. The smallest absolute Gasteiger partial charge is 0.336 e. The van der Waals surface area contributed by atoms with Crippen molar-refractivity contribution in [2.75, 3.05) is 20.3 Å².